The summed E-state index contributed by atoms with van der Waals surface area (Å²) in [7, 11) is -5.70. The number of halogens is 3. The average molecular weight is 509 g/mol. The fourth-order valence-corrected chi connectivity index (χ4v) is 4.29. The van der Waals surface area contributed by atoms with Gasteiger partial charge in [0.05, 0.1) is 5.69 Å². The van der Waals surface area contributed by atoms with Gasteiger partial charge in [-0.05, 0) is 43.7 Å². The van der Waals surface area contributed by atoms with Gasteiger partial charge in [0.25, 0.3) is 5.56 Å². The fourth-order valence-electron chi connectivity index (χ4n) is 3.08. The van der Waals surface area contributed by atoms with Gasteiger partial charge in [0.15, 0.2) is 0 Å². The van der Waals surface area contributed by atoms with Crippen molar-refractivity contribution in [2.24, 2.45) is 7.05 Å². The zero-order valence-electron chi connectivity index (χ0n) is 19.2. The smallest absolute Gasteiger partial charge is 0.376 e. The molecule has 2 rings (SSSR count). The Bertz CT molecular complexity index is 1220. The third-order valence-corrected chi connectivity index (χ3v) is 7.62. The second kappa shape index (κ2) is 9.47. The Hall–Kier alpha value is -2.38. The maximum atomic E-state index is 12.9. The first-order valence-electron chi connectivity index (χ1n) is 9.96. The van der Waals surface area contributed by atoms with E-state index in [1.165, 1.54) is 31.5 Å². The van der Waals surface area contributed by atoms with Crippen molar-refractivity contribution in [3.8, 4) is 17.0 Å². The first-order valence-corrected chi connectivity index (χ1v) is 15.1. The van der Waals surface area contributed by atoms with Crippen molar-refractivity contribution < 1.29 is 30.5 Å². The molecule has 0 atom stereocenters. The van der Waals surface area contributed by atoms with E-state index >= 15 is 0 Å². The Morgan fingerprint density at radius 2 is 1.70 bits per heavy atom. The Labute approximate surface area is 190 Å². The van der Waals surface area contributed by atoms with Crippen molar-refractivity contribution in [2.75, 3.05) is 6.61 Å². The summed E-state index contributed by atoms with van der Waals surface area (Å²) in [6.07, 6.45) is 0. The SMILES string of the molecule is Cc1cc(OS(=O)(=O)C(F)(F)F)ccc1-c1c(C)c(=O)n(COCC[Si](C)(C)C)c(=O)n1C. The summed E-state index contributed by atoms with van der Waals surface area (Å²) in [6.45, 7) is 9.78. The summed E-state index contributed by atoms with van der Waals surface area (Å²) in [4.78, 5) is 25.7. The van der Waals surface area contributed by atoms with Crippen molar-refractivity contribution in [1.29, 1.82) is 0 Å². The summed E-state index contributed by atoms with van der Waals surface area (Å²) in [5.74, 6) is -0.541. The van der Waals surface area contributed by atoms with Crippen LogP contribution in [0.4, 0.5) is 13.2 Å². The molecule has 0 saturated carbocycles. The molecule has 0 bridgehead atoms. The average Bonchev–Trinajstić information content (AvgIpc) is 2.65. The van der Waals surface area contributed by atoms with Crippen molar-refractivity contribution in [1.82, 2.24) is 9.13 Å². The highest BCUT2D eigenvalue weighted by molar-refractivity contribution is 7.88. The van der Waals surface area contributed by atoms with Crippen LogP contribution < -0.4 is 15.4 Å². The standard InChI is InChI=1S/C20H27F3N2O6SSi/c1-13-11-15(31-32(28,29)20(21,22)23)7-8-16(13)17-14(2)18(26)25(19(27)24(17)3)12-30-9-10-33(4,5)6/h7-8,11H,9-10,12H2,1-6H3. The molecule has 13 heteroatoms. The van der Waals surface area contributed by atoms with Gasteiger partial charge in [0.1, 0.15) is 12.5 Å². The zero-order valence-corrected chi connectivity index (χ0v) is 21.1. The number of rotatable bonds is 8. The summed E-state index contributed by atoms with van der Waals surface area (Å²) < 4.78 is 72.1. The third kappa shape index (κ3) is 6.15. The fraction of sp³-hybridized carbons (Fsp3) is 0.500. The summed E-state index contributed by atoms with van der Waals surface area (Å²) in [5, 5.41) is 0. The lowest BCUT2D eigenvalue weighted by molar-refractivity contribution is -0.0500. The molecule has 8 nitrogen and oxygen atoms in total. The van der Waals surface area contributed by atoms with Gasteiger partial charge >= 0.3 is 21.3 Å². The van der Waals surface area contributed by atoms with Crippen LogP contribution in [0.15, 0.2) is 27.8 Å². The van der Waals surface area contributed by atoms with E-state index in [0.717, 1.165) is 22.7 Å². The first-order chi connectivity index (χ1) is 15.0. The van der Waals surface area contributed by atoms with E-state index in [-0.39, 0.29) is 18.0 Å². The van der Waals surface area contributed by atoms with Crippen molar-refractivity contribution in [3.63, 3.8) is 0 Å². The molecule has 184 valence electrons. The molecular formula is C20H27F3N2O6SSi. The van der Waals surface area contributed by atoms with Gasteiger partial charge in [-0.25, -0.2) is 9.36 Å². The molecule has 33 heavy (non-hydrogen) atoms. The predicted octanol–water partition coefficient (Wildman–Crippen LogP) is 3.37. The van der Waals surface area contributed by atoms with E-state index in [4.69, 9.17) is 4.74 Å². The first kappa shape index (κ1) is 26.9. The molecule has 0 aliphatic carbocycles. The minimum atomic E-state index is -5.82. The lowest BCUT2D eigenvalue weighted by atomic mass is 10.0. The maximum Gasteiger partial charge on any atom is 0.534 e. The molecular weight excluding hydrogens is 481 g/mol. The highest BCUT2D eigenvalue weighted by atomic mass is 32.2. The molecule has 0 amide bonds. The van der Waals surface area contributed by atoms with E-state index in [9.17, 15) is 31.2 Å². The van der Waals surface area contributed by atoms with Crippen molar-refractivity contribution in [3.05, 3.63) is 50.2 Å². The van der Waals surface area contributed by atoms with Gasteiger partial charge in [-0.2, -0.15) is 21.6 Å². The third-order valence-electron chi connectivity index (χ3n) is 4.93. The van der Waals surface area contributed by atoms with Gasteiger partial charge in [-0.15, -0.1) is 0 Å². The summed E-state index contributed by atoms with van der Waals surface area (Å²) in [5.41, 5.74) is -5.58. The number of hydrogen-bond donors (Lipinski definition) is 0. The molecule has 0 N–H and O–H groups in total. The molecule has 1 aromatic carbocycles. The van der Waals surface area contributed by atoms with E-state index in [1.807, 2.05) is 0 Å². The lowest BCUT2D eigenvalue weighted by Crippen LogP contribution is -2.41. The van der Waals surface area contributed by atoms with Gasteiger partial charge in [-0.1, -0.05) is 19.6 Å². The lowest BCUT2D eigenvalue weighted by Gasteiger charge is -2.18. The van der Waals surface area contributed by atoms with Crippen molar-refractivity contribution >= 4 is 18.2 Å². The van der Waals surface area contributed by atoms with Crippen LogP contribution in [0, 0.1) is 13.8 Å². The normalized spacial score (nSPS) is 12.8. The summed E-state index contributed by atoms with van der Waals surface area (Å²) in [6, 6.07) is 4.29. The van der Waals surface area contributed by atoms with Gasteiger partial charge in [0, 0.05) is 32.9 Å². The second-order valence-electron chi connectivity index (χ2n) is 8.86. The van der Waals surface area contributed by atoms with Crippen LogP contribution in [0.1, 0.15) is 11.1 Å². The quantitative estimate of drug-likeness (QED) is 0.235. The molecule has 0 aliphatic rings. The number of alkyl halides is 3. The van der Waals surface area contributed by atoms with Gasteiger partial charge < -0.3 is 8.92 Å². The molecule has 0 radical (unpaired) electrons. The Morgan fingerprint density at radius 1 is 1.09 bits per heavy atom. The van der Waals surface area contributed by atoms with E-state index in [0.29, 0.717) is 17.7 Å². The van der Waals surface area contributed by atoms with Crippen LogP contribution in [0.25, 0.3) is 11.3 Å². The Kier molecular flexibility index (Phi) is 7.71. The number of hydrogen-bond acceptors (Lipinski definition) is 6. The van der Waals surface area contributed by atoms with E-state index in [1.54, 1.807) is 0 Å². The monoisotopic (exact) mass is 508 g/mol. The number of ether oxygens (including phenoxy) is 1. The minimum Gasteiger partial charge on any atom is -0.376 e. The highest BCUT2D eigenvalue weighted by Gasteiger charge is 2.48. The molecule has 0 fully saturated rings. The Morgan fingerprint density at radius 3 is 2.21 bits per heavy atom. The minimum absolute atomic E-state index is 0.196. The number of aromatic nitrogens is 2. The number of aryl methyl sites for hydroxylation is 1. The van der Waals surface area contributed by atoms with Gasteiger partial charge in [-0.3, -0.25) is 9.36 Å². The van der Waals surface area contributed by atoms with E-state index < -0.39 is 40.7 Å². The highest BCUT2D eigenvalue weighted by Crippen LogP contribution is 2.31. The van der Waals surface area contributed by atoms with Crippen LogP contribution in [0.5, 0.6) is 5.75 Å². The maximum absolute atomic E-state index is 12.9. The number of nitrogens with zero attached hydrogens (tertiary/aromatic N) is 2. The molecule has 0 unspecified atom stereocenters. The Balaban J connectivity index is 2.42. The topological polar surface area (TPSA) is 96.6 Å². The van der Waals surface area contributed by atoms with Crippen LogP contribution in [0.2, 0.25) is 25.7 Å². The summed E-state index contributed by atoms with van der Waals surface area (Å²) >= 11 is 0. The molecule has 1 aromatic heterocycles. The predicted molar refractivity (Wildman–Crippen MR) is 121 cm³/mol. The van der Waals surface area contributed by atoms with Crippen LogP contribution in [-0.4, -0.2) is 37.7 Å². The molecule has 1 heterocycles. The molecule has 0 saturated heterocycles. The zero-order chi connectivity index (χ0) is 25.4. The van der Waals surface area contributed by atoms with Gasteiger partial charge in [0.2, 0.25) is 0 Å². The van der Waals surface area contributed by atoms with Crippen molar-refractivity contribution in [2.45, 2.75) is 51.8 Å². The molecule has 0 spiro atoms. The number of benzene rings is 1. The van der Waals surface area contributed by atoms with E-state index in [2.05, 4.69) is 23.8 Å². The van der Waals surface area contributed by atoms with Crippen LogP contribution >= 0.6 is 0 Å². The van der Waals surface area contributed by atoms with Crippen LogP contribution in [-0.2, 0) is 28.6 Å². The largest absolute Gasteiger partial charge is 0.534 e. The van der Waals surface area contributed by atoms with Crippen LogP contribution in [0.3, 0.4) is 0 Å². The second-order valence-corrected chi connectivity index (χ2v) is 16.0. The molecule has 2 aromatic rings. The molecule has 0 aliphatic heterocycles.